The highest BCUT2D eigenvalue weighted by Crippen LogP contribution is 2.22. The Hall–Kier alpha value is -2.33. The van der Waals surface area contributed by atoms with Gasteiger partial charge < -0.3 is 9.72 Å². The van der Waals surface area contributed by atoms with Crippen molar-refractivity contribution in [1.82, 2.24) is 14.7 Å². The predicted octanol–water partition coefficient (Wildman–Crippen LogP) is 3.79. The van der Waals surface area contributed by atoms with Gasteiger partial charge in [-0.1, -0.05) is 35.9 Å². The molecule has 2 heterocycles. The quantitative estimate of drug-likeness (QED) is 0.799. The van der Waals surface area contributed by atoms with Crippen molar-refractivity contribution >= 4 is 23.2 Å². The number of carbonyl (C=O) groups excluding carboxylic acids is 1. The number of imidazole rings is 1. The fourth-order valence-electron chi connectivity index (χ4n) is 2.43. The van der Waals surface area contributed by atoms with Crippen molar-refractivity contribution in [3.63, 3.8) is 0 Å². The number of pyridine rings is 1. The van der Waals surface area contributed by atoms with Crippen molar-refractivity contribution in [3.05, 3.63) is 70.6 Å². The first-order valence-electron chi connectivity index (χ1n) is 7.06. The molecule has 112 valence electrons. The Balaban J connectivity index is 1.84. The molecule has 4 nitrogen and oxygen atoms in total. The summed E-state index contributed by atoms with van der Waals surface area (Å²) in [5.41, 5.74) is 3.07. The fourth-order valence-corrected chi connectivity index (χ4v) is 2.73. The smallest absolute Gasteiger partial charge is 0.271 e. The van der Waals surface area contributed by atoms with Crippen LogP contribution in [-0.2, 0) is 0 Å². The van der Waals surface area contributed by atoms with Crippen LogP contribution >= 0.6 is 11.6 Å². The second kappa shape index (κ2) is 5.81. The zero-order valence-electron chi connectivity index (χ0n) is 12.4. The molecule has 22 heavy (non-hydrogen) atoms. The summed E-state index contributed by atoms with van der Waals surface area (Å²) in [6, 6.07) is 13.1. The Morgan fingerprint density at radius 1 is 1.23 bits per heavy atom. The summed E-state index contributed by atoms with van der Waals surface area (Å²) in [7, 11) is 0. The van der Waals surface area contributed by atoms with Crippen molar-refractivity contribution in [2.75, 3.05) is 0 Å². The molecule has 0 aliphatic rings. The van der Waals surface area contributed by atoms with Crippen molar-refractivity contribution in [1.29, 1.82) is 0 Å². The molecule has 3 rings (SSSR count). The van der Waals surface area contributed by atoms with Gasteiger partial charge in [0.25, 0.3) is 5.91 Å². The number of benzene rings is 1. The zero-order valence-corrected chi connectivity index (χ0v) is 13.1. The number of amides is 1. The van der Waals surface area contributed by atoms with Gasteiger partial charge in [-0.25, -0.2) is 4.98 Å². The number of hydrogen-bond acceptors (Lipinski definition) is 2. The molecule has 1 unspecified atom stereocenters. The number of aryl methyl sites for hydroxylation is 1. The van der Waals surface area contributed by atoms with E-state index in [9.17, 15) is 4.79 Å². The van der Waals surface area contributed by atoms with Crippen molar-refractivity contribution in [2.45, 2.75) is 19.9 Å². The first kappa shape index (κ1) is 14.6. The average molecular weight is 314 g/mol. The maximum Gasteiger partial charge on any atom is 0.271 e. The van der Waals surface area contributed by atoms with Crippen LogP contribution in [0.3, 0.4) is 0 Å². The van der Waals surface area contributed by atoms with Gasteiger partial charge in [-0.15, -0.1) is 0 Å². The average Bonchev–Trinajstić information content (AvgIpc) is 2.93. The van der Waals surface area contributed by atoms with Crippen LogP contribution in [0.25, 0.3) is 5.65 Å². The summed E-state index contributed by atoms with van der Waals surface area (Å²) in [5.74, 6) is -0.212. The van der Waals surface area contributed by atoms with Crippen LogP contribution in [0.1, 0.15) is 34.7 Å². The molecule has 0 aliphatic heterocycles. The first-order chi connectivity index (χ1) is 10.6. The second-order valence-corrected chi connectivity index (χ2v) is 5.65. The van der Waals surface area contributed by atoms with Crippen molar-refractivity contribution in [3.8, 4) is 0 Å². The summed E-state index contributed by atoms with van der Waals surface area (Å²) in [5, 5.41) is 3.57. The Kier molecular flexibility index (Phi) is 3.86. The standard InChI is InChI=1S/C17H16ClN3O/c1-11-6-5-9-16-20-15(10-21(11)16)17(22)19-12(2)13-7-3-4-8-14(13)18/h3-10,12H,1-2H3,(H,19,22). The number of halogens is 1. The molecule has 3 aromatic rings. The Bertz CT molecular complexity index is 841. The SMILES string of the molecule is Cc1cccc2nc(C(=O)NC(C)c3ccccc3Cl)cn12. The van der Waals surface area contributed by atoms with E-state index in [0.717, 1.165) is 16.9 Å². The Morgan fingerprint density at radius 3 is 2.73 bits per heavy atom. The topological polar surface area (TPSA) is 46.4 Å². The maximum atomic E-state index is 12.4. The predicted molar refractivity (Wildman–Crippen MR) is 87.3 cm³/mol. The van der Waals surface area contributed by atoms with E-state index in [-0.39, 0.29) is 11.9 Å². The summed E-state index contributed by atoms with van der Waals surface area (Å²) in [6.45, 7) is 3.88. The summed E-state index contributed by atoms with van der Waals surface area (Å²) >= 11 is 6.16. The molecule has 1 atom stereocenters. The van der Waals surface area contributed by atoms with E-state index >= 15 is 0 Å². The van der Waals surface area contributed by atoms with Crippen molar-refractivity contribution < 1.29 is 4.79 Å². The van der Waals surface area contributed by atoms with Crippen molar-refractivity contribution in [2.24, 2.45) is 0 Å². The number of hydrogen-bond donors (Lipinski definition) is 1. The lowest BCUT2D eigenvalue weighted by atomic mass is 10.1. The minimum atomic E-state index is -0.212. The largest absolute Gasteiger partial charge is 0.344 e. The number of rotatable bonds is 3. The molecule has 0 saturated carbocycles. The van der Waals surface area contributed by atoms with Gasteiger partial charge >= 0.3 is 0 Å². The van der Waals surface area contributed by atoms with Crippen LogP contribution in [-0.4, -0.2) is 15.3 Å². The summed E-state index contributed by atoms with van der Waals surface area (Å²) < 4.78 is 1.90. The van der Waals surface area contributed by atoms with Crippen LogP contribution in [0.5, 0.6) is 0 Å². The number of aromatic nitrogens is 2. The van der Waals surface area contributed by atoms with Gasteiger partial charge in [-0.05, 0) is 37.6 Å². The minimum absolute atomic E-state index is 0.188. The van der Waals surface area contributed by atoms with Crippen LogP contribution in [0.15, 0.2) is 48.7 Å². The Labute approximate surface area is 133 Å². The summed E-state index contributed by atoms with van der Waals surface area (Å²) in [6.07, 6.45) is 1.75. The summed E-state index contributed by atoms with van der Waals surface area (Å²) in [4.78, 5) is 16.8. The molecule has 0 fully saturated rings. The van der Waals surface area contributed by atoms with Gasteiger partial charge in [0.1, 0.15) is 11.3 Å². The number of carbonyl (C=O) groups is 1. The van der Waals surface area contributed by atoms with E-state index < -0.39 is 0 Å². The van der Waals surface area contributed by atoms with E-state index in [1.807, 2.05) is 60.7 Å². The number of fused-ring (bicyclic) bond motifs is 1. The van der Waals surface area contributed by atoms with E-state index in [4.69, 9.17) is 11.6 Å². The number of nitrogens with zero attached hydrogens (tertiary/aromatic N) is 2. The van der Waals surface area contributed by atoms with Crippen LogP contribution in [0, 0.1) is 6.92 Å². The van der Waals surface area contributed by atoms with Gasteiger partial charge in [0, 0.05) is 16.9 Å². The van der Waals surface area contributed by atoms with Crippen LogP contribution in [0.2, 0.25) is 5.02 Å². The number of nitrogens with one attached hydrogen (secondary N) is 1. The third kappa shape index (κ3) is 2.70. The molecule has 0 spiro atoms. The first-order valence-corrected chi connectivity index (χ1v) is 7.44. The molecule has 0 aliphatic carbocycles. The highest BCUT2D eigenvalue weighted by Gasteiger charge is 2.16. The molecule has 0 radical (unpaired) electrons. The van der Waals surface area contributed by atoms with Gasteiger partial charge in [-0.3, -0.25) is 4.79 Å². The normalized spacial score (nSPS) is 12.3. The Morgan fingerprint density at radius 2 is 2.00 bits per heavy atom. The maximum absolute atomic E-state index is 12.4. The highest BCUT2D eigenvalue weighted by atomic mass is 35.5. The molecule has 2 aromatic heterocycles. The lowest BCUT2D eigenvalue weighted by molar-refractivity contribution is 0.0935. The van der Waals surface area contributed by atoms with Gasteiger partial charge in [-0.2, -0.15) is 0 Å². The zero-order chi connectivity index (χ0) is 15.7. The lowest BCUT2D eigenvalue weighted by Crippen LogP contribution is -2.27. The molecule has 5 heteroatoms. The van der Waals surface area contributed by atoms with E-state index in [0.29, 0.717) is 10.7 Å². The van der Waals surface area contributed by atoms with Crippen LogP contribution in [0.4, 0.5) is 0 Å². The molecule has 0 bridgehead atoms. The van der Waals surface area contributed by atoms with E-state index in [1.165, 1.54) is 0 Å². The molecular weight excluding hydrogens is 298 g/mol. The van der Waals surface area contributed by atoms with Gasteiger partial charge in [0.2, 0.25) is 0 Å². The molecule has 1 N–H and O–H groups in total. The fraction of sp³-hybridized carbons (Fsp3) is 0.176. The minimum Gasteiger partial charge on any atom is -0.344 e. The molecule has 1 amide bonds. The van der Waals surface area contributed by atoms with E-state index in [2.05, 4.69) is 10.3 Å². The third-order valence-corrected chi connectivity index (χ3v) is 3.99. The third-order valence-electron chi connectivity index (χ3n) is 3.65. The van der Waals surface area contributed by atoms with E-state index in [1.54, 1.807) is 6.20 Å². The van der Waals surface area contributed by atoms with Gasteiger partial charge in [0.05, 0.1) is 6.04 Å². The van der Waals surface area contributed by atoms with Gasteiger partial charge in [0.15, 0.2) is 0 Å². The monoisotopic (exact) mass is 313 g/mol. The lowest BCUT2D eigenvalue weighted by Gasteiger charge is -2.14. The molecular formula is C17H16ClN3O. The highest BCUT2D eigenvalue weighted by molar-refractivity contribution is 6.31. The second-order valence-electron chi connectivity index (χ2n) is 5.24. The molecule has 1 aromatic carbocycles. The molecule has 0 saturated heterocycles. The van der Waals surface area contributed by atoms with Crippen LogP contribution < -0.4 is 5.32 Å².